The fraction of sp³-hybridized carbons (Fsp3) is 0.762. The summed E-state index contributed by atoms with van der Waals surface area (Å²) in [7, 11) is -4.22. The van der Waals surface area contributed by atoms with Gasteiger partial charge in [-0.1, -0.05) is 67.6 Å². The fourth-order valence-electron chi connectivity index (χ4n) is 2.07. The van der Waals surface area contributed by atoms with Crippen LogP contribution in [-0.2, 0) is 38.5 Å². The molecule has 3 atom stereocenters. The number of phosphoric ester groups is 1. The summed E-state index contributed by atoms with van der Waals surface area (Å²) in [5.41, 5.74) is 6.68. The smallest absolute Gasteiger partial charge is 0.472 e. The van der Waals surface area contributed by atoms with E-state index in [-0.39, 0.29) is 45.6 Å². The van der Waals surface area contributed by atoms with Crippen molar-refractivity contribution in [2.45, 2.75) is 93.4 Å². The van der Waals surface area contributed by atoms with E-state index in [1.165, 1.54) is 23.3 Å². The number of hydrogen-bond donors (Lipinski definition) is 1. The molecular weight excluding hydrogens is 627 g/mol. The maximum atomic E-state index is 11.7. The zero-order chi connectivity index (χ0) is 25.6. The molecule has 1 aliphatic heterocycles. The number of nitrogens with zero attached hydrogens (tertiary/aromatic N) is 3. The molecule has 0 bridgehead atoms. The third-order valence-electron chi connectivity index (χ3n) is 3.12. The van der Waals surface area contributed by atoms with Gasteiger partial charge in [-0.05, 0) is 18.9 Å². The van der Waals surface area contributed by atoms with Gasteiger partial charge in [0, 0.05) is 26.3 Å². The Morgan fingerprint density at radius 3 is 2.27 bits per heavy atom. The Morgan fingerprint density at radius 1 is 1.24 bits per heavy atom. The molecular formula is C21H42IrN4O6P-. The molecule has 197 valence electrons. The molecule has 1 fully saturated rings. The molecule has 10 nitrogen and oxygen atoms in total. The van der Waals surface area contributed by atoms with Crippen LogP contribution in [0.2, 0.25) is 0 Å². The van der Waals surface area contributed by atoms with Gasteiger partial charge >= 0.3 is 7.82 Å². The van der Waals surface area contributed by atoms with Crippen molar-refractivity contribution in [3.8, 4) is 6.07 Å². The number of hydrogen-bond acceptors (Lipinski definition) is 7. The summed E-state index contributed by atoms with van der Waals surface area (Å²) in [5.74, 6) is -0.125. The van der Waals surface area contributed by atoms with E-state index in [9.17, 15) is 14.3 Å². The van der Waals surface area contributed by atoms with Crippen molar-refractivity contribution >= 4 is 13.6 Å². The van der Waals surface area contributed by atoms with Crippen LogP contribution in [0.25, 0.3) is 5.73 Å². The van der Waals surface area contributed by atoms with Gasteiger partial charge in [0.25, 0.3) is 0 Å². The number of nitriles is 1. The van der Waals surface area contributed by atoms with E-state index in [0.717, 1.165) is 0 Å². The second-order valence-electron chi connectivity index (χ2n) is 5.51. The van der Waals surface area contributed by atoms with Crippen molar-refractivity contribution in [2.75, 3.05) is 13.2 Å². The third kappa shape index (κ3) is 18.9. The topological polar surface area (TPSA) is 147 Å². The quantitative estimate of drug-likeness (QED) is 0.269. The Morgan fingerprint density at radius 2 is 1.79 bits per heavy atom. The molecule has 2 N–H and O–H groups in total. The largest absolute Gasteiger partial charge is 0.482 e. The van der Waals surface area contributed by atoms with Crippen molar-refractivity contribution in [2.24, 2.45) is 0 Å². The van der Waals surface area contributed by atoms with Gasteiger partial charge in [0.05, 0.1) is 31.8 Å². The Hall–Kier alpha value is -1.11. The van der Waals surface area contributed by atoms with Crippen LogP contribution in [-0.4, -0.2) is 33.8 Å². The average molecular weight is 670 g/mol. The van der Waals surface area contributed by atoms with Crippen LogP contribution in [0.3, 0.4) is 0 Å². The molecule has 0 saturated carbocycles. The maximum absolute atomic E-state index is 11.7. The van der Waals surface area contributed by atoms with Crippen LogP contribution in [0.5, 0.6) is 0 Å². The first-order valence-electron chi connectivity index (χ1n) is 11.3. The van der Waals surface area contributed by atoms with Crippen molar-refractivity contribution < 1.29 is 43.3 Å². The Kier molecular flexibility index (Phi) is 30.2. The van der Waals surface area contributed by atoms with Crippen molar-refractivity contribution in [3.63, 3.8) is 0 Å². The zero-order valence-corrected chi connectivity index (χ0v) is 24.5. The predicted molar refractivity (Wildman–Crippen MR) is 128 cm³/mol. The zero-order valence-electron chi connectivity index (χ0n) is 21.2. The minimum absolute atomic E-state index is 0. The Balaban J connectivity index is -0.000000372. The first kappa shape index (κ1) is 39.1. The van der Waals surface area contributed by atoms with Crippen molar-refractivity contribution in [1.82, 2.24) is 9.55 Å². The SMILES string of the molecule is CC.CC.CC.CCC.N#CCCOP(=O)(O)OCC1CCC(n2ccc([NH-])nc2=O)O1.[Ir]. The van der Waals surface area contributed by atoms with Crippen molar-refractivity contribution in [1.29, 1.82) is 5.26 Å². The summed E-state index contributed by atoms with van der Waals surface area (Å²) < 4.78 is 27.8. The fourth-order valence-corrected chi connectivity index (χ4v) is 2.82. The van der Waals surface area contributed by atoms with Crippen LogP contribution >= 0.6 is 7.82 Å². The molecule has 33 heavy (non-hydrogen) atoms. The predicted octanol–water partition coefficient (Wildman–Crippen LogP) is 6.14. The minimum atomic E-state index is -4.22. The van der Waals surface area contributed by atoms with E-state index in [4.69, 9.17) is 20.3 Å². The second-order valence-corrected chi connectivity index (χ2v) is 6.96. The van der Waals surface area contributed by atoms with E-state index in [2.05, 4.69) is 23.4 Å². The Labute approximate surface area is 212 Å². The van der Waals surface area contributed by atoms with E-state index in [0.29, 0.717) is 12.8 Å². The molecule has 1 saturated heterocycles. The van der Waals surface area contributed by atoms with E-state index < -0.39 is 25.8 Å². The monoisotopic (exact) mass is 670 g/mol. The molecule has 1 aliphatic rings. The van der Waals surface area contributed by atoms with E-state index >= 15 is 0 Å². The third-order valence-corrected chi connectivity index (χ3v) is 4.10. The summed E-state index contributed by atoms with van der Waals surface area (Å²) >= 11 is 0. The van der Waals surface area contributed by atoms with Gasteiger partial charge in [-0.2, -0.15) is 5.26 Å². The van der Waals surface area contributed by atoms with E-state index in [1.807, 2.05) is 41.5 Å². The summed E-state index contributed by atoms with van der Waals surface area (Å²) in [5, 5.41) is 8.34. The molecule has 0 amide bonds. The number of phosphoric acid groups is 1. The summed E-state index contributed by atoms with van der Waals surface area (Å²) in [4.78, 5) is 24.6. The molecule has 2 heterocycles. The van der Waals surface area contributed by atoms with Crippen LogP contribution in [0.4, 0.5) is 5.82 Å². The van der Waals surface area contributed by atoms with Gasteiger partial charge in [-0.25, -0.2) is 4.57 Å². The number of ether oxygens (including phenoxy) is 1. The number of nitrogens with one attached hydrogen (secondary N) is 1. The van der Waals surface area contributed by atoms with Crippen molar-refractivity contribution in [3.05, 3.63) is 28.5 Å². The van der Waals surface area contributed by atoms with Gasteiger partial charge in [0.2, 0.25) is 5.69 Å². The summed E-state index contributed by atoms with van der Waals surface area (Å²) in [6.45, 7) is 15.9. The molecule has 12 heteroatoms. The first-order chi connectivity index (χ1) is 15.3. The summed E-state index contributed by atoms with van der Waals surface area (Å²) in [6.07, 6.45) is 2.67. The van der Waals surface area contributed by atoms with Crippen LogP contribution in [0.1, 0.15) is 87.3 Å². The Bertz CT molecular complexity index is 715. The molecule has 2 rings (SSSR count). The molecule has 0 aliphatic carbocycles. The van der Waals surface area contributed by atoms with Crippen LogP contribution in [0, 0.1) is 11.3 Å². The van der Waals surface area contributed by atoms with Gasteiger partial charge in [0.15, 0.2) is 0 Å². The normalized spacial score (nSPS) is 17.3. The van der Waals surface area contributed by atoms with Gasteiger partial charge in [-0.15, -0.1) is 0 Å². The molecule has 1 aromatic rings. The molecule has 0 spiro atoms. The number of aromatic nitrogens is 2. The summed E-state index contributed by atoms with van der Waals surface area (Å²) in [6, 6.07) is 3.16. The van der Waals surface area contributed by atoms with Gasteiger partial charge < -0.3 is 20.3 Å². The molecule has 0 aromatic carbocycles. The first-order valence-corrected chi connectivity index (χ1v) is 12.8. The maximum Gasteiger partial charge on any atom is 0.472 e. The van der Waals surface area contributed by atoms with Gasteiger partial charge in [0.1, 0.15) is 6.23 Å². The molecule has 1 aromatic heterocycles. The van der Waals surface area contributed by atoms with E-state index in [1.54, 1.807) is 6.07 Å². The standard InChI is InChI=1S/C12H17N4O6P.C3H8.3C2H6.Ir/c13-5-1-7-20-23(18,19)21-8-9-2-3-11(22-9)16-6-4-10(14)15-12(16)17;1-3-2;3*1-2;/h4,6,9,11H,1-3,7-8H2,(H3,14,15,17,18,19);3H2,1-2H3;3*1-2H3;/p-1. The number of rotatable bonds is 7. The van der Waals surface area contributed by atoms with Gasteiger partial charge in [-0.3, -0.25) is 18.4 Å². The van der Waals surface area contributed by atoms with Crippen LogP contribution < -0.4 is 5.69 Å². The van der Waals surface area contributed by atoms with Crippen LogP contribution in [0.15, 0.2) is 17.1 Å². The second kappa shape index (κ2) is 25.5. The average Bonchev–Trinajstić information content (AvgIpc) is 3.26. The molecule has 1 radical (unpaired) electrons. The molecule has 3 unspecified atom stereocenters. The minimum Gasteiger partial charge on any atom is -0.482 e.